The summed E-state index contributed by atoms with van der Waals surface area (Å²) >= 11 is 6.99. The monoisotopic (exact) mass is 675 g/mol. The molecule has 7 nitrogen and oxygen atoms in total. The van der Waals surface area contributed by atoms with E-state index in [1.807, 2.05) is 66.7 Å². The summed E-state index contributed by atoms with van der Waals surface area (Å²) in [6.45, 7) is 4.79. The van der Waals surface area contributed by atoms with Crippen molar-refractivity contribution in [3.8, 4) is 17.2 Å². The molecule has 0 aliphatic heterocycles. The quantitative estimate of drug-likeness (QED) is 0.120. The van der Waals surface area contributed by atoms with E-state index in [1.54, 1.807) is 18.3 Å². The molecule has 41 heavy (non-hydrogen) atoms. The summed E-state index contributed by atoms with van der Waals surface area (Å²) in [7, 11) is 0. The molecule has 2 aromatic heterocycles. The molecule has 5 aromatic rings. The molecule has 5 rings (SSSR count). The van der Waals surface area contributed by atoms with E-state index < -0.39 is 5.91 Å². The minimum atomic E-state index is -0.450. The molecule has 0 aliphatic carbocycles. The number of rotatable bonds is 10. The normalized spacial score (nSPS) is 11.1. The van der Waals surface area contributed by atoms with Crippen LogP contribution in [0.25, 0.3) is 5.69 Å². The van der Waals surface area contributed by atoms with Crippen LogP contribution < -0.4 is 14.9 Å². The maximum absolute atomic E-state index is 12.5. The Bertz CT molecular complexity index is 1650. The Labute approximate surface area is 255 Å². The number of halogens is 2. The van der Waals surface area contributed by atoms with Gasteiger partial charge >= 0.3 is 5.91 Å². The topological polar surface area (TPSA) is 78.0 Å². The van der Waals surface area contributed by atoms with Crippen LogP contribution in [0, 0.1) is 13.8 Å². The fourth-order valence-electron chi connectivity index (χ4n) is 4.17. The second-order valence-electron chi connectivity index (χ2n) is 9.29. The first-order chi connectivity index (χ1) is 19.9. The number of benzene rings is 3. The predicted octanol–water partition coefficient (Wildman–Crippen LogP) is 8.13. The fourth-order valence-corrected chi connectivity index (χ4v) is 5.33. The Hall–Kier alpha value is -4.08. The van der Waals surface area contributed by atoms with Gasteiger partial charge in [0, 0.05) is 31.6 Å². The standard InChI is InChI=1S/C32H27Br2N3O4/c1-21-3-4-22(2)37(21)26-9-13-28(14-10-26)40-20-29-15-16-31(41-29)32(38)36-35-18-23-5-11-27(12-6-23)39-19-24-7-8-25(33)17-30(24)34/h3-18H,19-20H2,1-2H3,(H,36,38)/b35-18+. The number of hydrazone groups is 1. The first-order valence-corrected chi connectivity index (χ1v) is 14.4. The maximum atomic E-state index is 12.5. The molecule has 3 aromatic carbocycles. The molecule has 1 amide bonds. The average molecular weight is 677 g/mol. The van der Waals surface area contributed by atoms with E-state index in [9.17, 15) is 4.79 Å². The lowest BCUT2D eigenvalue weighted by molar-refractivity contribution is 0.0923. The summed E-state index contributed by atoms with van der Waals surface area (Å²) in [5, 5.41) is 4.04. The van der Waals surface area contributed by atoms with Gasteiger partial charge in [0.1, 0.15) is 30.5 Å². The average Bonchev–Trinajstić information content (AvgIpc) is 3.58. The molecule has 0 atom stereocenters. The van der Waals surface area contributed by atoms with Gasteiger partial charge < -0.3 is 18.5 Å². The van der Waals surface area contributed by atoms with Crippen molar-refractivity contribution in [1.82, 2.24) is 9.99 Å². The molecule has 0 saturated carbocycles. The third-order valence-electron chi connectivity index (χ3n) is 6.30. The fraction of sp³-hybridized carbons (Fsp3) is 0.125. The van der Waals surface area contributed by atoms with Gasteiger partial charge in [0.2, 0.25) is 0 Å². The van der Waals surface area contributed by atoms with Crippen molar-refractivity contribution in [3.63, 3.8) is 0 Å². The minimum Gasteiger partial charge on any atom is -0.489 e. The van der Waals surface area contributed by atoms with Crippen LogP contribution in [-0.2, 0) is 13.2 Å². The molecule has 0 aliphatic rings. The number of hydrogen-bond donors (Lipinski definition) is 1. The van der Waals surface area contributed by atoms with Gasteiger partial charge in [0.05, 0.1) is 6.21 Å². The van der Waals surface area contributed by atoms with E-state index in [4.69, 9.17) is 13.9 Å². The highest BCUT2D eigenvalue weighted by molar-refractivity contribution is 9.11. The summed E-state index contributed by atoms with van der Waals surface area (Å²) in [6, 6.07) is 28.7. The number of furan rings is 1. The van der Waals surface area contributed by atoms with Crippen molar-refractivity contribution in [2.45, 2.75) is 27.1 Å². The number of amides is 1. The second kappa shape index (κ2) is 13.1. The molecular formula is C32H27Br2N3O4. The van der Waals surface area contributed by atoms with Gasteiger partial charge in [-0.25, -0.2) is 5.43 Å². The number of aromatic nitrogens is 1. The Morgan fingerprint density at radius 1 is 0.854 bits per heavy atom. The molecule has 0 unspecified atom stereocenters. The molecule has 0 bridgehead atoms. The molecule has 208 valence electrons. The summed E-state index contributed by atoms with van der Waals surface area (Å²) in [6.07, 6.45) is 1.56. The Balaban J connectivity index is 1.08. The molecule has 0 radical (unpaired) electrons. The number of nitrogens with one attached hydrogen (secondary N) is 1. The summed E-state index contributed by atoms with van der Waals surface area (Å²) < 4.78 is 21.5. The van der Waals surface area contributed by atoms with E-state index in [0.29, 0.717) is 18.1 Å². The summed E-state index contributed by atoms with van der Waals surface area (Å²) in [5.41, 5.74) is 7.76. The smallest absolute Gasteiger partial charge is 0.307 e. The molecule has 9 heteroatoms. The van der Waals surface area contributed by atoms with Gasteiger partial charge in [0.25, 0.3) is 0 Å². The summed E-state index contributed by atoms with van der Waals surface area (Å²) in [5.74, 6) is 1.67. The zero-order valence-electron chi connectivity index (χ0n) is 22.4. The molecule has 0 spiro atoms. The van der Waals surface area contributed by atoms with E-state index in [-0.39, 0.29) is 12.4 Å². The van der Waals surface area contributed by atoms with E-state index in [0.717, 1.165) is 31.5 Å². The number of carbonyl (C=O) groups excluding carboxylic acids is 1. The van der Waals surface area contributed by atoms with Gasteiger partial charge in [-0.3, -0.25) is 4.79 Å². The van der Waals surface area contributed by atoms with Gasteiger partial charge in [-0.1, -0.05) is 37.9 Å². The number of nitrogens with zero attached hydrogens (tertiary/aromatic N) is 2. The largest absolute Gasteiger partial charge is 0.489 e. The van der Waals surface area contributed by atoms with Crippen LogP contribution in [0.5, 0.6) is 11.5 Å². The Morgan fingerprint density at radius 3 is 2.20 bits per heavy atom. The number of aryl methyl sites for hydroxylation is 2. The number of carbonyl (C=O) groups is 1. The lowest BCUT2D eigenvalue weighted by Crippen LogP contribution is -2.16. The summed E-state index contributed by atoms with van der Waals surface area (Å²) in [4.78, 5) is 12.5. The zero-order valence-corrected chi connectivity index (χ0v) is 25.6. The first kappa shape index (κ1) is 28.4. The Morgan fingerprint density at radius 2 is 1.51 bits per heavy atom. The minimum absolute atomic E-state index is 0.150. The Kier molecular flexibility index (Phi) is 9.06. The van der Waals surface area contributed by atoms with Crippen molar-refractivity contribution in [2.24, 2.45) is 5.10 Å². The van der Waals surface area contributed by atoms with Crippen LogP contribution in [0.1, 0.15) is 38.8 Å². The third-order valence-corrected chi connectivity index (χ3v) is 7.53. The van der Waals surface area contributed by atoms with Gasteiger partial charge in [-0.05, 0) is 104 Å². The SMILES string of the molecule is Cc1ccc(C)n1-c1ccc(OCc2ccc(C(=O)N/N=C/c3ccc(OCc4ccc(Br)cc4Br)cc3)o2)cc1. The molecule has 2 heterocycles. The van der Waals surface area contributed by atoms with E-state index in [1.165, 1.54) is 11.4 Å². The van der Waals surface area contributed by atoms with Crippen molar-refractivity contribution >= 4 is 44.0 Å². The van der Waals surface area contributed by atoms with Crippen LogP contribution in [-0.4, -0.2) is 16.7 Å². The lowest BCUT2D eigenvalue weighted by atomic mass is 10.2. The highest BCUT2D eigenvalue weighted by atomic mass is 79.9. The van der Waals surface area contributed by atoms with Gasteiger partial charge in [0.15, 0.2) is 5.76 Å². The maximum Gasteiger partial charge on any atom is 0.307 e. The second-order valence-corrected chi connectivity index (χ2v) is 11.1. The predicted molar refractivity (Wildman–Crippen MR) is 166 cm³/mol. The van der Waals surface area contributed by atoms with Gasteiger partial charge in [-0.15, -0.1) is 0 Å². The first-order valence-electron chi connectivity index (χ1n) is 12.8. The zero-order chi connectivity index (χ0) is 28.8. The number of ether oxygens (including phenoxy) is 2. The van der Waals surface area contributed by atoms with Gasteiger partial charge in [-0.2, -0.15) is 5.10 Å². The highest BCUT2D eigenvalue weighted by Crippen LogP contribution is 2.24. The van der Waals surface area contributed by atoms with Crippen molar-refractivity contribution in [2.75, 3.05) is 0 Å². The lowest BCUT2D eigenvalue weighted by Gasteiger charge is -2.10. The van der Waals surface area contributed by atoms with Crippen molar-refractivity contribution < 1.29 is 18.7 Å². The van der Waals surface area contributed by atoms with E-state index >= 15 is 0 Å². The van der Waals surface area contributed by atoms with Crippen LogP contribution in [0.3, 0.4) is 0 Å². The van der Waals surface area contributed by atoms with Crippen molar-refractivity contribution in [1.29, 1.82) is 0 Å². The van der Waals surface area contributed by atoms with Crippen LogP contribution in [0.4, 0.5) is 0 Å². The van der Waals surface area contributed by atoms with Crippen molar-refractivity contribution in [3.05, 3.63) is 134 Å². The molecular weight excluding hydrogens is 650 g/mol. The number of hydrogen-bond acceptors (Lipinski definition) is 5. The molecule has 0 fully saturated rings. The molecule has 1 N–H and O–H groups in total. The van der Waals surface area contributed by atoms with E-state index in [2.05, 4.69) is 72.9 Å². The van der Waals surface area contributed by atoms with Crippen LogP contribution in [0.15, 0.2) is 109 Å². The molecule has 0 saturated heterocycles. The van der Waals surface area contributed by atoms with Crippen LogP contribution in [0.2, 0.25) is 0 Å². The third kappa shape index (κ3) is 7.36. The van der Waals surface area contributed by atoms with Crippen LogP contribution >= 0.6 is 31.9 Å². The highest BCUT2D eigenvalue weighted by Gasteiger charge is 2.11.